The van der Waals surface area contributed by atoms with E-state index >= 15 is 4.39 Å². The van der Waals surface area contributed by atoms with Crippen molar-refractivity contribution in [2.24, 2.45) is 0 Å². The lowest BCUT2D eigenvalue weighted by molar-refractivity contribution is 0.149. The number of halogens is 5. The fraction of sp³-hybridized carbons (Fsp3) is 0.308. The van der Waals surface area contributed by atoms with Crippen LogP contribution in [0.4, 0.5) is 28.2 Å². The second-order valence-corrected chi connectivity index (χ2v) is 9.97. The molecule has 0 bridgehead atoms. The van der Waals surface area contributed by atoms with Gasteiger partial charge < -0.3 is 19.6 Å². The third kappa shape index (κ3) is 3.98. The summed E-state index contributed by atoms with van der Waals surface area (Å²) < 4.78 is 64.8. The van der Waals surface area contributed by atoms with Crippen LogP contribution in [0.15, 0.2) is 36.9 Å². The molecule has 9 nitrogen and oxygen atoms in total. The lowest BCUT2D eigenvalue weighted by Crippen LogP contribution is -2.60. The van der Waals surface area contributed by atoms with Crippen LogP contribution in [0.1, 0.15) is 25.3 Å². The number of phenolic OH excluding ortho intramolecular Hbond substituents is 1. The number of amides is 1. The fourth-order valence-electron chi connectivity index (χ4n) is 5.45. The smallest absolute Gasteiger partial charge is 0.332 e. The van der Waals surface area contributed by atoms with E-state index in [9.17, 15) is 23.1 Å². The SMILES string of the molecule is C[C@@H]1CN2c3ncnc4c(F)c(-c5c(O)cccc5C(F)F)c(Cl)c(c34)OCC[C@H]2CN1C(=O)n1ccnc1F. The van der Waals surface area contributed by atoms with Gasteiger partial charge in [0, 0.05) is 54.6 Å². The summed E-state index contributed by atoms with van der Waals surface area (Å²) in [5, 5.41) is 10.3. The minimum atomic E-state index is -3.02. The molecular formula is C26H21ClF4N6O3. The number of ether oxygens (including phenoxy) is 1. The average molecular weight is 577 g/mol. The lowest BCUT2D eigenvalue weighted by Gasteiger charge is -2.46. The first-order chi connectivity index (χ1) is 19.2. The number of fused-ring (bicyclic) bond motifs is 2. The molecule has 40 heavy (non-hydrogen) atoms. The lowest BCUT2D eigenvalue weighted by atomic mass is 9.95. The molecule has 1 fully saturated rings. The second-order valence-electron chi connectivity index (χ2n) is 9.59. The molecule has 0 unspecified atom stereocenters. The van der Waals surface area contributed by atoms with E-state index in [0.29, 0.717) is 6.42 Å². The van der Waals surface area contributed by atoms with Gasteiger partial charge >= 0.3 is 6.03 Å². The maximum absolute atomic E-state index is 16.2. The maximum atomic E-state index is 16.2. The highest BCUT2D eigenvalue weighted by molar-refractivity contribution is 6.36. The van der Waals surface area contributed by atoms with E-state index in [-0.39, 0.29) is 53.2 Å². The van der Waals surface area contributed by atoms with Gasteiger partial charge in [0.1, 0.15) is 23.4 Å². The van der Waals surface area contributed by atoms with E-state index in [1.54, 1.807) is 6.92 Å². The Morgan fingerprint density at radius 2 is 1.98 bits per heavy atom. The number of alkyl halides is 2. The van der Waals surface area contributed by atoms with Crippen molar-refractivity contribution in [1.82, 2.24) is 24.4 Å². The molecule has 1 amide bonds. The van der Waals surface area contributed by atoms with Crippen LogP contribution >= 0.6 is 11.6 Å². The number of aromatic hydroxyl groups is 1. The molecular weight excluding hydrogens is 556 g/mol. The quantitative estimate of drug-likeness (QED) is 0.319. The molecule has 1 N–H and O–H groups in total. The van der Waals surface area contributed by atoms with Crippen LogP contribution in [-0.2, 0) is 0 Å². The summed E-state index contributed by atoms with van der Waals surface area (Å²) in [6, 6.07) is 2.15. The number of hydrogen-bond donors (Lipinski definition) is 1. The molecule has 14 heteroatoms. The molecule has 2 aromatic heterocycles. The first-order valence-corrected chi connectivity index (χ1v) is 12.7. The number of hydrogen-bond acceptors (Lipinski definition) is 7. The highest BCUT2D eigenvalue weighted by atomic mass is 35.5. The van der Waals surface area contributed by atoms with Crippen LogP contribution in [0.5, 0.6) is 11.5 Å². The number of rotatable bonds is 2. The van der Waals surface area contributed by atoms with Gasteiger partial charge in [-0.15, -0.1) is 0 Å². The van der Waals surface area contributed by atoms with E-state index in [0.717, 1.165) is 17.0 Å². The molecule has 2 atom stereocenters. The number of anilines is 1. The van der Waals surface area contributed by atoms with Crippen LogP contribution in [0, 0.1) is 11.9 Å². The Kier molecular flexibility index (Phi) is 6.40. The molecule has 4 aromatic rings. The van der Waals surface area contributed by atoms with Crippen LogP contribution in [0.25, 0.3) is 22.0 Å². The average Bonchev–Trinajstić information content (AvgIpc) is 3.35. The minimum absolute atomic E-state index is 0.00256. The van der Waals surface area contributed by atoms with Gasteiger partial charge in [0.25, 0.3) is 12.5 Å². The van der Waals surface area contributed by atoms with E-state index < -0.39 is 52.8 Å². The van der Waals surface area contributed by atoms with E-state index in [1.165, 1.54) is 29.4 Å². The van der Waals surface area contributed by atoms with Crippen molar-refractivity contribution in [1.29, 1.82) is 0 Å². The fourth-order valence-corrected chi connectivity index (χ4v) is 5.78. The molecule has 0 radical (unpaired) electrons. The predicted molar refractivity (Wildman–Crippen MR) is 137 cm³/mol. The number of carbonyl (C=O) groups excluding carboxylic acids is 1. The van der Waals surface area contributed by atoms with Gasteiger partial charge in [0.2, 0.25) is 0 Å². The van der Waals surface area contributed by atoms with Crippen molar-refractivity contribution < 1.29 is 32.2 Å². The van der Waals surface area contributed by atoms with E-state index in [1.807, 2.05) is 4.90 Å². The van der Waals surface area contributed by atoms with Gasteiger partial charge in [-0.25, -0.2) is 37.5 Å². The number of carbonyl (C=O) groups is 1. The molecule has 2 aromatic carbocycles. The molecule has 1 saturated heterocycles. The Bertz CT molecular complexity index is 1650. The minimum Gasteiger partial charge on any atom is -0.507 e. The molecule has 4 heterocycles. The molecule has 0 saturated carbocycles. The molecule has 6 rings (SSSR count). The van der Waals surface area contributed by atoms with Gasteiger partial charge in [0.15, 0.2) is 11.6 Å². The maximum Gasteiger partial charge on any atom is 0.332 e. The number of phenols is 1. The number of nitrogens with zero attached hydrogens (tertiary/aromatic N) is 6. The summed E-state index contributed by atoms with van der Waals surface area (Å²) in [5.41, 5.74) is -1.73. The molecule has 0 spiro atoms. The van der Waals surface area contributed by atoms with Crippen molar-refractivity contribution in [2.75, 3.05) is 24.6 Å². The summed E-state index contributed by atoms with van der Waals surface area (Å²) in [7, 11) is 0. The molecule has 208 valence electrons. The molecule has 2 aliphatic heterocycles. The second kappa shape index (κ2) is 9.81. The summed E-state index contributed by atoms with van der Waals surface area (Å²) in [4.78, 5) is 28.5. The Labute approximate surface area is 229 Å². The summed E-state index contributed by atoms with van der Waals surface area (Å²) in [6.45, 7) is 2.30. The Balaban J connectivity index is 1.49. The van der Waals surface area contributed by atoms with E-state index in [4.69, 9.17) is 16.3 Å². The summed E-state index contributed by atoms with van der Waals surface area (Å²) in [6.07, 6.45) is 0.00725. The molecule has 2 aliphatic rings. The number of imidazole rings is 1. The normalized spacial score (nSPS) is 18.9. The van der Waals surface area contributed by atoms with Crippen molar-refractivity contribution in [2.45, 2.75) is 31.9 Å². The van der Waals surface area contributed by atoms with Gasteiger partial charge in [-0.3, -0.25) is 0 Å². The monoisotopic (exact) mass is 576 g/mol. The highest BCUT2D eigenvalue weighted by Crippen LogP contribution is 2.50. The van der Waals surface area contributed by atoms with Crippen LogP contribution < -0.4 is 9.64 Å². The zero-order valence-corrected chi connectivity index (χ0v) is 21.6. The number of aromatic nitrogens is 4. The van der Waals surface area contributed by atoms with Crippen molar-refractivity contribution in [3.8, 4) is 22.6 Å². The zero-order chi connectivity index (χ0) is 28.3. The third-order valence-electron chi connectivity index (χ3n) is 7.32. The van der Waals surface area contributed by atoms with Gasteiger partial charge in [-0.2, -0.15) is 4.39 Å². The Morgan fingerprint density at radius 3 is 2.70 bits per heavy atom. The topological polar surface area (TPSA) is 96.6 Å². The van der Waals surface area contributed by atoms with Crippen molar-refractivity contribution in [3.63, 3.8) is 0 Å². The van der Waals surface area contributed by atoms with Crippen molar-refractivity contribution >= 4 is 34.4 Å². The molecule has 0 aliphatic carbocycles. The summed E-state index contributed by atoms with van der Waals surface area (Å²) >= 11 is 6.66. The first kappa shape index (κ1) is 26.1. The van der Waals surface area contributed by atoms with Gasteiger partial charge in [0.05, 0.1) is 23.1 Å². The summed E-state index contributed by atoms with van der Waals surface area (Å²) in [5.74, 6) is -1.31. The third-order valence-corrected chi connectivity index (χ3v) is 7.68. The van der Waals surface area contributed by atoms with Gasteiger partial charge in [-0.05, 0) is 13.0 Å². The van der Waals surface area contributed by atoms with Crippen LogP contribution in [0.3, 0.4) is 0 Å². The van der Waals surface area contributed by atoms with Gasteiger partial charge in [-0.1, -0.05) is 23.7 Å². The Morgan fingerprint density at radius 1 is 1.18 bits per heavy atom. The standard InChI is InChI=1S/C26H21ClF4N6O3/c1-12-9-37-13(10-36(12)26(39)35-7-6-32-25(35)31)5-8-40-22-18-21(33-11-34-24(18)37)20(28)17(19(22)27)16-14(23(29)30)3-2-4-15(16)38/h2-4,6-7,11-13,23,38H,5,8-10H2,1H3/t12-,13+/m1/s1. The van der Waals surface area contributed by atoms with Crippen LogP contribution in [-0.4, -0.2) is 67.3 Å². The predicted octanol–water partition coefficient (Wildman–Crippen LogP) is 5.40. The number of piperazine rings is 1. The largest absolute Gasteiger partial charge is 0.507 e. The zero-order valence-electron chi connectivity index (χ0n) is 20.9. The first-order valence-electron chi connectivity index (χ1n) is 12.3. The van der Waals surface area contributed by atoms with Crippen molar-refractivity contribution in [3.05, 3.63) is 59.4 Å². The number of benzene rings is 2. The van der Waals surface area contributed by atoms with E-state index in [2.05, 4.69) is 15.0 Å². The highest BCUT2D eigenvalue weighted by Gasteiger charge is 2.39. The Hall–Kier alpha value is -4.13. The van der Waals surface area contributed by atoms with Crippen LogP contribution in [0.2, 0.25) is 5.02 Å².